The lowest BCUT2D eigenvalue weighted by Gasteiger charge is -2.51. The van der Waals surface area contributed by atoms with Crippen LogP contribution in [0, 0.1) is 0 Å². The van der Waals surface area contributed by atoms with E-state index in [1.54, 1.807) is 33.7 Å². The molecule has 3 aromatic rings. The van der Waals surface area contributed by atoms with Crippen molar-refractivity contribution >= 4 is 17.7 Å². The quantitative estimate of drug-likeness (QED) is 0.597. The normalized spacial score (nSPS) is 21.8. The van der Waals surface area contributed by atoms with Crippen LogP contribution >= 0.6 is 11.8 Å². The van der Waals surface area contributed by atoms with Gasteiger partial charge < -0.3 is 14.7 Å². The second kappa shape index (κ2) is 7.35. The summed E-state index contributed by atoms with van der Waals surface area (Å²) in [7, 11) is 0. The Morgan fingerprint density at radius 1 is 1.12 bits per heavy atom. The van der Waals surface area contributed by atoms with E-state index < -0.39 is 17.3 Å². The Labute approximate surface area is 187 Å². The first-order valence-electron chi connectivity index (χ1n) is 10.3. The summed E-state index contributed by atoms with van der Waals surface area (Å²) in [6.07, 6.45) is 2.79. The lowest BCUT2D eigenvalue weighted by Crippen LogP contribution is -2.66. The van der Waals surface area contributed by atoms with E-state index in [2.05, 4.69) is 22.3 Å². The van der Waals surface area contributed by atoms with E-state index in [4.69, 9.17) is 4.74 Å². The zero-order chi connectivity index (χ0) is 21.8. The third kappa shape index (κ3) is 2.76. The minimum absolute atomic E-state index is 0.0337. The van der Waals surface area contributed by atoms with Gasteiger partial charge in [0.15, 0.2) is 11.4 Å². The summed E-state index contributed by atoms with van der Waals surface area (Å²) in [4.78, 5) is 28.3. The topological polar surface area (TPSA) is 101 Å². The molecule has 9 nitrogen and oxygen atoms in total. The van der Waals surface area contributed by atoms with E-state index in [1.165, 1.54) is 6.07 Å². The molecule has 5 heterocycles. The van der Waals surface area contributed by atoms with Gasteiger partial charge in [0.25, 0.3) is 5.91 Å². The molecule has 0 bridgehead atoms. The second-order valence-electron chi connectivity index (χ2n) is 7.82. The molecule has 0 spiro atoms. The van der Waals surface area contributed by atoms with Crippen molar-refractivity contribution in [3.63, 3.8) is 0 Å². The molecular formula is C22H19N5O4S. The van der Waals surface area contributed by atoms with Gasteiger partial charge in [-0.2, -0.15) is 10.2 Å². The molecule has 0 radical (unpaired) electrons. The fourth-order valence-corrected chi connectivity index (χ4v) is 5.74. The third-order valence-electron chi connectivity index (χ3n) is 6.14. The fourth-order valence-electron chi connectivity index (χ4n) is 4.70. The number of rotatable bonds is 1. The average molecular weight is 449 g/mol. The standard InChI is InChI=1S/C22H19N5O4S/c28-16-6-8-26-20(21(16)29)22(30)25-9-10-31-11-18(25)27(26)19-13-5-7-23-24-15(13)12-32-17-4-2-1-3-14(17)19/h1-8,18-19,29H,9-12H2/t18-,19+/m1/s1. The van der Waals surface area contributed by atoms with Crippen LogP contribution < -0.4 is 10.4 Å². The number of thioether (sulfide) groups is 1. The lowest BCUT2D eigenvalue weighted by molar-refractivity contribution is -0.0197. The van der Waals surface area contributed by atoms with Gasteiger partial charge >= 0.3 is 0 Å². The maximum Gasteiger partial charge on any atom is 0.278 e. The Balaban J connectivity index is 1.66. The first kappa shape index (κ1) is 19.3. The van der Waals surface area contributed by atoms with Crippen LogP contribution in [0.1, 0.15) is 33.4 Å². The Kier molecular flexibility index (Phi) is 4.44. The average Bonchev–Trinajstić information content (AvgIpc) is 2.99. The highest BCUT2D eigenvalue weighted by molar-refractivity contribution is 7.98. The molecule has 0 unspecified atom stereocenters. The van der Waals surface area contributed by atoms with Crippen molar-refractivity contribution in [3.8, 4) is 5.75 Å². The van der Waals surface area contributed by atoms with Crippen molar-refractivity contribution in [3.05, 3.63) is 81.5 Å². The van der Waals surface area contributed by atoms with Gasteiger partial charge in [0.05, 0.1) is 18.9 Å². The molecule has 2 atom stereocenters. The van der Waals surface area contributed by atoms with Gasteiger partial charge in [-0.1, -0.05) is 18.2 Å². The minimum atomic E-state index is -0.584. The molecule has 6 rings (SSSR count). The van der Waals surface area contributed by atoms with Crippen LogP contribution in [0.4, 0.5) is 0 Å². The monoisotopic (exact) mass is 449 g/mol. The van der Waals surface area contributed by atoms with Gasteiger partial charge in [-0.25, -0.2) is 0 Å². The summed E-state index contributed by atoms with van der Waals surface area (Å²) in [5.41, 5.74) is 2.24. The van der Waals surface area contributed by atoms with Crippen molar-refractivity contribution in [2.75, 3.05) is 24.8 Å². The summed E-state index contributed by atoms with van der Waals surface area (Å²) < 4.78 is 7.39. The molecule has 0 saturated carbocycles. The number of carbonyl (C=O) groups is 1. The van der Waals surface area contributed by atoms with Gasteiger partial charge in [-0.3, -0.25) is 19.3 Å². The van der Waals surface area contributed by atoms with Gasteiger partial charge in [-0.05, 0) is 17.7 Å². The predicted molar refractivity (Wildman–Crippen MR) is 116 cm³/mol. The van der Waals surface area contributed by atoms with Gasteiger partial charge in [0.1, 0.15) is 12.2 Å². The number of carbonyl (C=O) groups excluding carboxylic acids is 1. The number of hydrogen-bond donors (Lipinski definition) is 1. The zero-order valence-corrected chi connectivity index (χ0v) is 17.7. The molecule has 1 N–H and O–H groups in total. The second-order valence-corrected chi connectivity index (χ2v) is 8.84. The van der Waals surface area contributed by atoms with E-state index >= 15 is 0 Å². The molecule has 3 aliphatic heterocycles. The molecule has 32 heavy (non-hydrogen) atoms. The maximum absolute atomic E-state index is 13.3. The van der Waals surface area contributed by atoms with E-state index in [9.17, 15) is 14.7 Å². The summed E-state index contributed by atoms with van der Waals surface area (Å²) in [6.45, 7) is 1.07. The molecule has 10 heteroatoms. The fraction of sp³-hybridized carbons (Fsp3) is 0.273. The summed E-state index contributed by atoms with van der Waals surface area (Å²) in [6, 6.07) is 11.0. The molecular weight excluding hydrogens is 430 g/mol. The van der Waals surface area contributed by atoms with Crippen LogP contribution in [0.25, 0.3) is 0 Å². The number of benzene rings is 1. The Morgan fingerprint density at radius 3 is 2.91 bits per heavy atom. The number of pyridine rings is 1. The van der Waals surface area contributed by atoms with Crippen LogP contribution in [0.3, 0.4) is 0 Å². The van der Waals surface area contributed by atoms with Crippen molar-refractivity contribution in [1.29, 1.82) is 0 Å². The molecule has 1 amide bonds. The third-order valence-corrected chi connectivity index (χ3v) is 7.24. The molecule has 3 aliphatic rings. The number of aromatic hydroxyl groups is 1. The molecule has 0 aliphatic carbocycles. The van der Waals surface area contributed by atoms with Crippen LogP contribution in [-0.4, -0.2) is 56.7 Å². The minimum Gasteiger partial charge on any atom is -0.502 e. The van der Waals surface area contributed by atoms with E-state index in [1.807, 2.05) is 23.2 Å². The molecule has 2 aromatic heterocycles. The van der Waals surface area contributed by atoms with E-state index in [0.717, 1.165) is 21.7 Å². The number of hydrogen-bond acceptors (Lipinski definition) is 8. The van der Waals surface area contributed by atoms with Gasteiger partial charge in [0.2, 0.25) is 5.43 Å². The number of nitrogens with zero attached hydrogens (tertiary/aromatic N) is 5. The van der Waals surface area contributed by atoms with Crippen molar-refractivity contribution in [1.82, 2.24) is 19.8 Å². The van der Waals surface area contributed by atoms with Crippen molar-refractivity contribution in [2.45, 2.75) is 22.9 Å². The molecule has 1 saturated heterocycles. The largest absolute Gasteiger partial charge is 0.502 e. The SMILES string of the molecule is O=C1c2c(O)c(=O)ccn2N([C@@H]2c3ccccc3SCc3nnccc32)[C@@H]2COCCN12. The molecule has 1 aromatic carbocycles. The highest BCUT2D eigenvalue weighted by Gasteiger charge is 2.45. The first-order chi connectivity index (χ1) is 15.6. The smallest absolute Gasteiger partial charge is 0.278 e. The van der Waals surface area contributed by atoms with Gasteiger partial charge in [-0.15, -0.1) is 11.8 Å². The molecule has 1 fully saturated rings. The lowest BCUT2D eigenvalue weighted by atomic mass is 9.96. The highest BCUT2D eigenvalue weighted by Crippen LogP contribution is 2.43. The summed E-state index contributed by atoms with van der Waals surface area (Å²) in [5, 5.41) is 21.1. The zero-order valence-electron chi connectivity index (χ0n) is 16.9. The van der Waals surface area contributed by atoms with Crippen LogP contribution in [-0.2, 0) is 10.5 Å². The van der Waals surface area contributed by atoms with E-state index in [0.29, 0.717) is 25.5 Å². The maximum atomic E-state index is 13.3. The number of fused-ring (bicyclic) bond motifs is 4. The Hall–Kier alpha value is -3.37. The van der Waals surface area contributed by atoms with Crippen molar-refractivity contribution in [2.24, 2.45) is 0 Å². The Bertz CT molecular complexity index is 1250. The van der Waals surface area contributed by atoms with Crippen LogP contribution in [0.2, 0.25) is 0 Å². The van der Waals surface area contributed by atoms with E-state index in [-0.39, 0.29) is 17.6 Å². The first-order valence-corrected chi connectivity index (χ1v) is 11.3. The number of morpholine rings is 1. The number of ether oxygens (including phenoxy) is 1. The van der Waals surface area contributed by atoms with Crippen LogP contribution in [0.15, 0.2) is 58.5 Å². The van der Waals surface area contributed by atoms with Gasteiger partial charge in [0, 0.05) is 41.2 Å². The summed E-state index contributed by atoms with van der Waals surface area (Å²) in [5.74, 6) is -0.262. The van der Waals surface area contributed by atoms with Crippen LogP contribution in [0.5, 0.6) is 5.75 Å². The highest BCUT2D eigenvalue weighted by atomic mass is 32.2. The predicted octanol–water partition coefficient (Wildman–Crippen LogP) is 1.49. The van der Waals surface area contributed by atoms with Crippen molar-refractivity contribution < 1.29 is 14.6 Å². The molecule has 162 valence electrons. The Morgan fingerprint density at radius 2 is 2.00 bits per heavy atom. The number of amides is 1. The summed E-state index contributed by atoms with van der Waals surface area (Å²) >= 11 is 1.69. The number of aromatic nitrogens is 3.